The lowest BCUT2D eigenvalue weighted by Gasteiger charge is -2.11. The van der Waals surface area contributed by atoms with E-state index >= 15 is 0 Å². The van der Waals surface area contributed by atoms with Crippen LogP contribution < -0.4 is 5.32 Å². The van der Waals surface area contributed by atoms with Crippen molar-refractivity contribution in [3.05, 3.63) is 54.1 Å². The lowest BCUT2D eigenvalue weighted by Crippen LogP contribution is -2.34. The Balaban J connectivity index is 1.42. The molecule has 1 aromatic heterocycles. The van der Waals surface area contributed by atoms with Gasteiger partial charge in [-0.05, 0) is 31.0 Å². The van der Waals surface area contributed by atoms with Crippen LogP contribution in [0.15, 0.2) is 48.5 Å². The number of carbonyl (C=O) groups excluding carboxylic acids is 2. The van der Waals surface area contributed by atoms with Gasteiger partial charge in [0.1, 0.15) is 5.82 Å². The first kappa shape index (κ1) is 18.2. The van der Waals surface area contributed by atoms with E-state index in [9.17, 15) is 9.59 Å². The first-order chi connectivity index (χ1) is 13.7. The quantitative estimate of drug-likeness (QED) is 0.643. The van der Waals surface area contributed by atoms with Crippen LogP contribution in [0.25, 0.3) is 22.4 Å². The second-order valence-electron chi connectivity index (χ2n) is 6.66. The third-order valence-corrected chi connectivity index (χ3v) is 4.68. The van der Waals surface area contributed by atoms with Crippen molar-refractivity contribution in [2.75, 3.05) is 19.8 Å². The molecule has 1 aliphatic rings. The minimum absolute atomic E-state index is 0.0495. The molecule has 1 fully saturated rings. The lowest BCUT2D eigenvalue weighted by atomic mass is 10.1. The van der Waals surface area contributed by atoms with E-state index in [0.717, 1.165) is 30.5 Å². The van der Waals surface area contributed by atoms with Crippen LogP contribution in [-0.4, -0.2) is 47.7 Å². The Labute approximate surface area is 162 Å². The molecule has 1 aliphatic heterocycles. The predicted molar refractivity (Wildman–Crippen MR) is 104 cm³/mol. The van der Waals surface area contributed by atoms with Gasteiger partial charge in [0.15, 0.2) is 6.61 Å². The summed E-state index contributed by atoms with van der Waals surface area (Å²) < 4.78 is 10.7. The van der Waals surface area contributed by atoms with Crippen LogP contribution in [0.2, 0.25) is 0 Å². The maximum Gasteiger partial charge on any atom is 0.339 e. The van der Waals surface area contributed by atoms with Crippen molar-refractivity contribution in [1.82, 2.24) is 15.3 Å². The average molecular weight is 379 g/mol. The summed E-state index contributed by atoms with van der Waals surface area (Å²) in [5.74, 6) is -0.329. The number of esters is 1. The van der Waals surface area contributed by atoms with E-state index in [2.05, 4.69) is 15.3 Å². The van der Waals surface area contributed by atoms with E-state index in [4.69, 9.17) is 9.47 Å². The van der Waals surface area contributed by atoms with Gasteiger partial charge < -0.3 is 19.8 Å². The van der Waals surface area contributed by atoms with E-state index in [-0.39, 0.29) is 18.6 Å². The number of rotatable bonds is 6. The number of carbonyl (C=O) groups is 2. The first-order valence-electron chi connectivity index (χ1n) is 9.30. The molecule has 2 N–H and O–H groups in total. The van der Waals surface area contributed by atoms with Crippen LogP contribution in [-0.2, 0) is 14.3 Å². The zero-order valence-electron chi connectivity index (χ0n) is 15.3. The highest BCUT2D eigenvalue weighted by Gasteiger charge is 2.19. The Morgan fingerprint density at radius 3 is 2.82 bits per heavy atom. The molecule has 2 heterocycles. The zero-order valence-corrected chi connectivity index (χ0v) is 15.3. The molecule has 1 amide bonds. The summed E-state index contributed by atoms with van der Waals surface area (Å²) in [4.78, 5) is 32.2. The van der Waals surface area contributed by atoms with Crippen molar-refractivity contribution in [2.45, 2.75) is 18.9 Å². The van der Waals surface area contributed by atoms with Crippen molar-refractivity contribution < 1.29 is 19.1 Å². The molecule has 28 heavy (non-hydrogen) atoms. The maximum absolute atomic E-state index is 12.6. The number of ether oxygens (including phenoxy) is 2. The smallest absolute Gasteiger partial charge is 0.339 e. The van der Waals surface area contributed by atoms with Gasteiger partial charge in [0, 0.05) is 18.7 Å². The monoisotopic (exact) mass is 379 g/mol. The van der Waals surface area contributed by atoms with Crippen molar-refractivity contribution in [2.24, 2.45) is 0 Å². The highest BCUT2D eigenvalue weighted by molar-refractivity contribution is 5.98. The molecule has 0 saturated carbocycles. The molecule has 4 rings (SSSR count). The highest BCUT2D eigenvalue weighted by Crippen LogP contribution is 2.24. The topological polar surface area (TPSA) is 93.3 Å². The van der Waals surface area contributed by atoms with Crippen molar-refractivity contribution in [3.8, 4) is 11.4 Å². The summed E-state index contributed by atoms with van der Waals surface area (Å²) in [6, 6.07) is 14.7. The third-order valence-electron chi connectivity index (χ3n) is 4.68. The first-order valence-corrected chi connectivity index (χ1v) is 9.30. The second-order valence-corrected chi connectivity index (χ2v) is 6.66. The highest BCUT2D eigenvalue weighted by atomic mass is 16.5. The van der Waals surface area contributed by atoms with Gasteiger partial charge >= 0.3 is 5.97 Å². The summed E-state index contributed by atoms with van der Waals surface area (Å²) in [5.41, 5.74) is 2.68. The molecular weight excluding hydrogens is 358 g/mol. The number of imidazole rings is 1. The van der Waals surface area contributed by atoms with E-state index in [1.54, 1.807) is 18.2 Å². The number of fused-ring (bicyclic) bond motifs is 1. The molecule has 7 nitrogen and oxygen atoms in total. The number of aromatic nitrogens is 2. The van der Waals surface area contributed by atoms with Gasteiger partial charge in [-0.3, -0.25) is 4.79 Å². The molecule has 2 aromatic carbocycles. The van der Waals surface area contributed by atoms with E-state index in [0.29, 0.717) is 23.5 Å². The summed E-state index contributed by atoms with van der Waals surface area (Å²) in [7, 11) is 0. The summed E-state index contributed by atoms with van der Waals surface area (Å²) in [6.07, 6.45) is 1.99. The molecule has 0 aliphatic carbocycles. The van der Waals surface area contributed by atoms with Gasteiger partial charge in [-0.1, -0.05) is 30.3 Å². The summed E-state index contributed by atoms with van der Waals surface area (Å²) in [5, 5.41) is 2.74. The maximum atomic E-state index is 12.6. The Bertz CT molecular complexity index is 959. The number of nitrogens with one attached hydrogen (secondary N) is 2. The van der Waals surface area contributed by atoms with Crippen molar-refractivity contribution >= 4 is 22.9 Å². The number of hydrogen-bond donors (Lipinski definition) is 2. The molecule has 144 valence electrons. The number of hydrogen-bond acceptors (Lipinski definition) is 5. The third kappa shape index (κ3) is 4.04. The Morgan fingerprint density at radius 1 is 1.18 bits per heavy atom. The number of H-pyrrole nitrogens is 1. The standard InChI is InChI=1S/C21H21N3O4/c25-19(22-12-14-6-5-11-27-14)13-28-21(26)16-8-2-1-7-15(16)20-23-17-9-3-4-10-18(17)24-20/h1-4,7-10,14H,5-6,11-13H2,(H,22,25)(H,23,24). The van der Waals surface area contributed by atoms with Crippen LogP contribution in [0.5, 0.6) is 0 Å². The van der Waals surface area contributed by atoms with Gasteiger partial charge in [-0.25, -0.2) is 9.78 Å². The SMILES string of the molecule is O=C(COC(=O)c1ccccc1-c1nc2ccccc2[nH]1)NCC1CCCO1. The van der Waals surface area contributed by atoms with Crippen LogP contribution in [0, 0.1) is 0 Å². The molecular formula is C21H21N3O4. The Hall–Kier alpha value is -3.19. The van der Waals surface area contributed by atoms with Crippen LogP contribution >= 0.6 is 0 Å². The van der Waals surface area contributed by atoms with Crippen molar-refractivity contribution in [3.63, 3.8) is 0 Å². The van der Waals surface area contributed by atoms with E-state index in [1.807, 2.05) is 30.3 Å². The number of para-hydroxylation sites is 2. The van der Waals surface area contributed by atoms with Crippen LogP contribution in [0.1, 0.15) is 23.2 Å². The van der Waals surface area contributed by atoms with Crippen molar-refractivity contribution in [1.29, 1.82) is 0 Å². The number of amides is 1. The molecule has 1 atom stereocenters. The van der Waals surface area contributed by atoms with Gasteiger partial charge in [0.05, 0.1) is 22.7 Å². The van der Waals surface area contributed by atoms with Crippen LogP contribution in [0.4, 0.5) is 0 Å². The molecule has 1 saturated heterocycles. The molecule has 3 aromatic rings. The molecule has 7 heteroatoms. The Morgan fingerprint density at radius 2 is 2.00 bits per heavy atom. The molecule has 0 bridgehead atoms. The fourth-order valence-corrected chi connectivity index (χ4v) is 3.24. The number of aromatic amines is 1. The lowest BCUT2D eigenvalue weighted by molar-refractivity contribution is -0.124. The zero-order chi connectivity index (χ0) is 19.3. The Kier molecular flexibility index (Phi) is 5.34. The fraction of sp³-hybridized carbons (Fsp3) is 0.286. The summed E-state index contributed by atoms with van der Waals surface area (Å²) in [6.45, 7) is 0.833. The normalized spacial score (nSPS) is 16.2. The van der Waals surface area contributed by atoms with E-state index < -0.39 is 5.97 Å². The number of benzene rings is 2. The largest absolute Gasteiger partial charge is 0.452 e. The minimum atomic E-state index is -0.566. The van der Waals surface area contributed by atoms with Gasteiger partial charge in [0.25, 0.3) is 5.91 Å². The minimum Gasteiger partial charge on any atom is -0.452 e. The molecule has 0 spiro atoms. The van der Waals surface area contributed by atoms with Gasteiger partial charge in [-0.15, -0.1) is 0 Å². The summed E-state index contributed by atoms with van der Waals surface area (Å²) >= 11 is 0. The predicted octanol–water partition coefficient (Wildman–Crippen LogP) is 2.68. The van der Waals surface area contributed by atoms with Gasteiger partial charge in [-0.2, -0.15) is 0 Å². The van der Waals surface area contributed by atoms with E-state index in [1.165, 1.54) is 0 Å². The number of nitrogens with zero attached hydrogens (tertiary/aromatic N) is 1. The fourth-order valence-electron chi connectivity index (χ4n) is 3.24. The molecule has 0 radical (unpaired) electrons. The van der Waals surface area contributed by atoms with Gasteiger partial charge in [0.2, 0.25) is 0 Å². The molecule has 1 unspecified atom stereocenters. The average Bonchev–Trinajstić information content (AvgIpc) is 3.40. The second kappa shape index (κ2) is 8.22. The van der Waals surface area contributed by atoms with Crippen LogP contribution in [0.3, 0.4) is 0 Å².